The van der Waals surface area contributed by atoms with E-state index in [9.17, 15) is 4.79 Å². The number of carbonyl (C=O) groups excluding carboxylic acids is 1. The Kier molecular flexibility index (Phi) is 3.81. The maximum absolute atomic E-state index is 11.9. The lowest BCUT2D eigenvalue weighted by Gasteiger charge is -2.12. The van der Waals surface area contributed by atoms with Crippen LogP contribution in [0.3, 0.4) is 0 Å². The van der Waals surface area contributed by atoms with Crippen LogP contribution in [0.2, 0.25) is 0 Å². The zero-order valence-corrected chi connectivity index (χ0v) is 13.8. The molecule has 1 aliphatic carbocycles. The molecule has 0 amide bonds. The molecule has 0 spiro atoms. The van der Waals surface area contributed by atoms with E-state index in [1.54, 1.807) is 0 Å². The van der Waals surface area contributed by atoms with Gasteiger partial charge in [-0.25, -0.2) is 0 Å². The molecule has 2 heteroatoms. The van der Waals surface area contributed by atoms with Crippen LogP contribution in [0.1, 0.15) is 35.1 Å². The number of carbonyl (C=O) groups is 1. The average molecular weight is 316 g/mol. The highest BCUT2D eigenvalue weighted by atomic mass is 16.5. The molecule has 120 valence electrons. The zero-order chi connectivity index (χ0) is 16.5. The van der Waals surface area contributed by atoms with Crippen LogP contribution in [0.4, 0.5) is 0 Å². The van der Waals surface area contributed by atoms with Gasteiger partial charge in [0.15, 0.2) is 0 Å². The molecule has 0 aliphatic heterocycles. The van der Waals surface area contributed by atoms with Crippen molar-refractivity contribution < 1.29 is 9.53 Å². The molecule has 0 bridgehead atoms. The molecule has 2 nitrogen and oxygen atoms in total. The first kappa shape index (κ1) is 14.9. The molecule has 3 aromatic rings. The highest BCUT2D eigenvalue weighted by molar-refractivity contribution is 5.96. The number of ether oxygens (including phenoxy) is 1. The van der Waals surface area contributed by atoms with Crippen LogP contribution < -0.4 is 0 Å². The van der Waals surface area contributed by atoms with Gasteiger partial charge in [-0.3, -0.25) is 4.79 Å². The summed E-state index contributed by atoms with van der Waals surface area (Å²) in [4.78, 5) is 11.9. The van der Waals surface area contributed by atoms with Crippen molar-refractivity contribution in [2.75, 3.05) is 6.61 Å². The van der Waals surface area contributed by atoms with E-state index in [0.29, 0.717) is 18.9 Å². The van der Waals surface area contributed by atoms with Gasteiger partial charge in [0, 0.05) is 5.92 Å². The first-order valence-electron chi connectivity index (χ1n) is 8.52. The molecule has 0 N–H and O–H groups in total. The second kappa shape index (κ2) is 6.12. The minimum absolute atomic E-state index is 0.157. The first-order chi connectivity index (χ1) is 11.8. The van der Waals surface area contributed by atoms with Crippen molar-refractivity contribution in [2.24, 2.45) is 0 Å². The van der Waals surface area contributed by atoms with Crippen molar-refractivity contribution in [3.05, 3.63) is 82.9 Å². The predicted octanol–water partition coefficient (Wildman–Crippen LogP) is 4.63. The molecule has 4 rings (SSSR count). The Labute approximate surface area is 142 Å². The Hall–Kier alpha value is -2.61. The van der Waals surface area contributed by atoms with E-state index in [4.69, 9.17) is 4.74 Å². The Morgan fingerprint density at radius 1 is 1.04 bits per heavy atom. The highest BCUT2D eigenvalue weighted by Crippen LogP contribution is 2.42. The molecule has 24 heavy (non-hydrogen) atoms. The van der Waals surface area contributed by atoms with Crippen LogP contribution in [-0.4, -0.2) is 12.6 Å². The molecule has 1 aliphatic rings. The zero-order valence-electron chi connectivity index (χ0n) is 13.8. The molecule has 0 heterocycles. The number of esters is 1. The van der Waals surface area contributed by atoms with E-state index in [2.05, 4.69) is 60.7 Å². The van der Waals surface area contributed by atoms with Gasteiger partial charge in [-0.15, -0.1) is 0 Å². The van der Waals surface area contributed by atoms with E-state index < -0.39 is 0 Å². The molecule has 0 fully saturated rings. The maximum Gasteiger partial charge on any atom is 0.310 e. The van der Waals surface area contributed by atoms with Gasteiger partial charge in [-0.2, -0.15) is 0 Å². The minimum atomic E-state index is -0.157. The molecule has 0 aromatic heterocycles. The maximum atomic E-state index is 11.9. The van der Waals surface area contributed by atoms with Crippen LogP contribution >= 0.6 is 0 Å². The Bertz CT molecular complexity index is 896. The van der Waals surface area contributed by atoms with E-state index in [0.717, 1.165) is 12.0 Å². The van der Waals surface area contributed by atoms with E-state index in [1.165, 1.54) is 27.5 Å². The van der Waals surface area contributed by atoms with Gasteiger partial charge in [0.05, 0.1) is 13.0 Å². The summed E-state index contributed by atoms with van der Waals surface area (Å²) in [5, 5.41) is 2.52. The fraction of sp³-hybridized carbons (Fsp3) is 0.227. The average Bonchev–Trinajstić information content (AvgIpc) is 2.99. The number of hydrogen-bond donors (Lipinski definition) is 0. The summed E-state index contributed by atoms with van der Waals surface area (Å²) in [6, 6.07) is 21.4. The van der Waals surface area contributed by atoms with Crippen molar-refractivity contribution in [1.29, 1.82) is 0 Å². The quantitative estimate of drug-likeness (QED) is 0.656. The fourth-order valence-electron chi connectivity index (χ4n) is 3.87. The molecule has 0 saturated carbocycles. The second-order valence-electron chi connectivity index (χ2n) is 6.30. The van der Waals surface area contributed by atoms with Crippen LogP contribution in [0, 0.1) is 0 Å². The van der Waals surface area contributed by atoms with Gasteiger partial charge in [-0.1, -0.05) is 60.7 Å². The monoisotopic (exact) mass is 316 g/mol. The lowest BCUT2D eigenvalue weighted by Crippen LogP contribution is -2.07. The molecule has 0 saturated heterocycles. The largest absolute Gasteiger partial charge is 0.466 e. The standard InChI is InChI=1S/C22H20O2/c1-2-24-21(23)14-16-11-12-17-13-20(15-7-4-3-5-8-15)19-10-6-9-18(16)22(17)19/h3-12,20H,2,13-14H2,1H3. The second-order valence-corrected chi connectivity index (χ2v) is 6.30. The first-order valence-corrected chi connectivity index (χ1v) is 8.52. The fourth-order valence-corrected chi connectivity index (χ4v) is 3.87. The van der Waals surface area contributed by atoms with Crippen molar-refractivity contribution >= 4 is 16.7 Å². The van der Waals surface area contributed by atoms with Gasteiger partial charge >= 0.3 is 5.97 Å². The van der Waals surface area contributed by atoms with Crippen LogP contribution in [0.15, 0.2) is 60.7 Å². The summed E-state index contributed by atoms with van der Waals surface area (Å²) in [7, 11) is 0. The van der Waals surface area contributed by atoms with Gasteiger partial charge in [0.2, 0.25) is 0 Å². The Morgan fingerprint density at radius 3 is 2.67 bits per heavy atom. The minimum Gasteiger partial charge on any atom is -0.466 e. The SMILES string of the molecule is CCOC(=O)Cc1ccc2c3c(cccc13)C(c1ccccc1)C2. The summed E-state index contributed by atoms with van der Waals surface area (Å²) >= 11 is 0. The van der Waals surface area contributed by atoms with Crippen molar-refractivity contribution in [1.82, 2.24) is 0 Å². The Balaban J connectivity index is 1.80. The summed E-state index contributed by atoms with van der Waals surface area (Å²) in [5.41, 5.74) is 5.16. The third-order valence-corrected chi connectivity index (χ3v) is 4.89. The highest BCUT2D eigenvalue weighted by Gasteiger charge is 2.26. The van der Waals surface area contributed by atoms with Gasteiger partial charge in [0.25, 0.3) is 0 Å². The summed E-state index contributed by atoms with van der Waals surface area (Å²) in [6.07, 6.45) is 1.36. The lowest BCUT2D eigenvalue weighted by molar-refractivity contribution is -0.142. The summed E-state index contributed by atoms with van der Waals surface area (Å²) in [5.74, 6) is 0.249. The number of hydrogen-bond acceptors (Lipinski definition) is 2. The molecular formula is C22H20O2. The molecule has 1 unspecified atom stereocenters. The van der Waals surface area contributed by atoms with E-state index >= 15 is 0 Å². The van der Waals surface area contributed by atoms with E-state index in [-0.39, 0.29) is 5.97 Å². The molecule has 3 aromatic carbocycles. The van der Waals surface area contributed by atoms with Crippen molar-refractivity contribution in [3.63, 3.8) is 0 Å². The van der Waals surface area contributed by atoms with Gasteiger partial charge in [0.1, 0.15) is 0 Å². The molecular weight excluding hydrogens is 296 g/mol. The van der Waals surface area contributed by atoms with Gasteiger partial charge in [-0.05, 0) is 46.4 Å². The van der Waals surface area contributed by atoms with E-state index in [1.807, 2.05) is 6.92 Å². The van der Waals surface area contributed by atoms with Crippen LogP contribution in [-0.2, 0) is 22.4 Å². The summed E-state index contributed by atoms with van der Waals surface area (Å²) in [6.45, 7) is 2.27. The van der Waals surface area contributed by atoms with Crippen molar-refractivity contribution in [2.45, 2.75) is 25.7 Å². The lowest BCUT2D eigenvalue weighted by atomic mass is 9.92. The third-order valence-electron chi connectivity index (χ3n) is 4.89. The van der Waals surface area contributed by atoms with Crippen LogP contribution in [0.25, 0.3) is 10.8 Å². The normalized spacial score (nSPS) is 15.6. The Morgan fingerprint density at radius 2 is 1.88 bits per heavy atom. The molecule has 1 atom stereocenters. The van der Waals surface area contributed by atoms with Crippen molar-refractivity contribution in [3.8, 4) is 0 Å². The topological polar surface area (TPSA) is 26.3 Å². The third kappa shape index (κ3) is 2.48. The number of rotatable bonds is 4. The molecule has 0 radical (unpaired) electrons. The predicted molar refractivity (Wildman–Crippen MR) is 96.3 cm³/mol. The summed E-state index contributed by atoms with van der Waals surface area (Å²) < 4.78 is 5.12. The number of benzene rings is 3. The van der Waals surface area contributed by atoms with Crippen LogP contribution in [0.5, 0.6) is 0 Å². The van der Waals surface area contributed by atoms with Gasteiger partial charge < -0.3 is 4.74 Å². The smallest absolute Gasteiger partial charge is 0.310 e.